The van der Waals surface area contributed by atoms with Crippen LogP contribution in [0.15, 0.2) is 42.5 Å². The predicted octanol–water partition coefficient (Wildman–Crippen LogP) is 2.79. The number of ketones is 1. The molecule has 0 aromatic heterocycles. The summed E-state index contributed by atoms with van der Waals surface area (Å²) in [5.41, 5.74) is 2.10. The third-order valence-corrected chi connectivity index (χ3v) is 4.86. The Kier molecular flexibility index (Phi) is 6.16. The second kappa shape index (κ2) is 8.77. The Hall–Kier alpha value is -3.35. The maximum Gasteiger partial charge on any atom is 0.311 e. The molecule has 152 valence electrons. The minimum Gasteiger partial charge on any atom is -0.497 e. The van der Waals surface area contributed by atoms with Crippen molar-refractivity contribution in [2.45, 2.75) is 13.3 Å². The predicted molar refractivity (Wildman–Crippen MR) is 106 cm³/mol. The Morgan fingerprint density at radius 3 is 2.45 bits per heavy atom. The van der Waals surface area contributed by atoms with Crippen molar-refractivity contribution >= 4 is 23.3 Å². The van der Waals surface area contributed by atoms with Gasteiger partial charge in [-0.25, -0.2) is 0 Å². The number of hydrogen-bond acceptors (Lipinski definition) is 6. The number of carbonyl (C=O) groups is 3. The molecule has 0 bridgehead atoms. The van der Waals surface area contributed by atoms with Crippen LogP contribution >= 0.6 is 0 Å². The van der Waals surface area contributed by atoms with E-state index in [4.69, 9.17) is 14.2 Å². The molecule has 29 heavy (non-hydrogen) atoms. The molecule has 0 aliphatic carbocycles. The van der Waals surface area contributed by atoms with Gasteiger partial charge in [0, 0.05) is 18.7 Å². The molecule has 1 heterocycles. The lowest BCUT2D eigenvalue weighted by atomic mass is 10.1. The molecule has 1 amide bonds. The summed E-state index contributed by atoms with van der Waals surface area (Å²) in [5, 5.41) is 0. The van der Waals surface area contributed by atoms with Crippen LogP contribution in [0.25, 0.3) is 0 Å². The molecule has 7 nitrogen and oxygen atoms in total. The third kappa shape index (κ3) is 4.56. The van der Waals surface area contributed by atoms with Crippen LogP contribution in [0.1, 0.15) is 22.3 Å². The van der Waals surface area contributed by atoms with E-state index in [2.05, 4.69) is 0 Å². The first-order valence-corrected chi connectivity index (χ1v) is 9.22. The monoisotopic (exact) mass is 397 g/mol. The number of methoxy groups -OCH3 is 2. The second-order valence-electron chi connectivity index (χ2n) is 6.84. The lowest BCUT2D eigenvalue weighted by Crippen LogP contribution is -2.27. The van der Waals surface area contributed by atoms with Crippen LogP contribution < -0.4 is 14.4 Å². The topological polar surface area (TPSA) is 82.1 Å². The van der Waals surface area contributed by atoms with Crippen LogP contribution in [0.2, 0.25) is 0 Å². The van der Waals surface area contributed by atoms with E-state index < -0.39 is 24.3 Å². The first-order chi connectivity index (χ1) is 13.9. The van der Waals surface area contributed by atoms with Gasteiger partial charge < -0.3 is 19.1 Å². The van der Waals surface area contributed by atoms with Gasteiger partial charge in [-0.3, -0.25) is 14.4 Å². The van der Waals surface area contributed by atoms with Crippen molar-refractivity contribution in [1.82, 2.24) is 0 Å². The molecule has 1 aliphatic heterocycles. The Morgan fingerprint density at radius 2 is 1.79 bits per heavy atom. The molecule has 1 fully saturated rings. The number of hydrogen-bond donors (Lipinski definition) is 0. The first-order valence-electron chi connectivity index (χ1n) is 9.22. The fraction of sp³-hybridized carbons (Fsp3) is 0.318. The van der Waals surface area contributed by atoms with E-state index in [-0.39, 0.29) is 24.4 Å². The Morgan fingerprint density at radius 1 is 1.07 bits per heavy atom. The lowest BCUT2D eigenvalue weighted by molar-refractivity contribution is -0.147. The quantitative estimate of drug-likeness (QED) is 0.528. The Balaban J connectivity index is 1.62. The van der Waals surface area contributed by atoms with Crippen molar-refractivity contribution < 1.29 is 28.6 Å². The summed E-state index contributed by atoms with van der Waals surface area (Å²) in [6, 6.07) is 12.3. The van der Waals surface area contributed by atoms with Crippen LogP contribution in [-0.2, 0) is 14.3 Å². The molecule has 1 saturated heterocycles. The Bertz CT molecular complexity index is 921. The number of aryl methyl sites for hydroxylation is 1. The number of anilines is 1. The minimum absolute atomic E-state index is 0.0589. The number of nitrogens with zero attached hydrogens (tertiary/aromatic N) is 1. The molecule has 0 spiro atoms. The fourth-order valence-corrected chi connectivity index (χ4v) is 3.20. The fourth-order valence-electron chi connectivity index (χ4n) is 3.20. The van der Waals surface area contributed by atoms with Gasteiger partial charge in [0.25, 0.3) is 0 Å². The summed E-state index contributed by atoms with van der Waals surface area (Å²) in [6.45, 7) is 1.76. The van der Waals surface area contributed by atoms with E-state index in [9.17, 15) is 14.4 Å². The van der Waals surface area contributed by atoms with E-state index in [1.54, 1.807) is 17.0 Å². The van der Waals surface area contributed by atoms with E-state index in [0.29, 0.717) is 11.5 Å². The average molecular weight is 397 g/mol. The third-order valence-electron chi connectivity index (χ3n) is 4.86. The highest BCUT2D eigenvalue weighted by Crippen LogP contribution is 2.27. The zero-order chi connectivity index (χ0) is 21.0. The summed E-state index contributed by atoms with van der Waals surface area (Å²) in [6.07, 6.45) is 0.0589. The number of Topliss-reactive ketones (excluding diaryl/α,β-unsaturated/α-hetero) is 1. The van der Waals surface area contributed by atoms with E-state index in [1.807, 2.05) is 31.2 Å². The molecule has 0 unspecified atom stereocenters. The normalized spacial score (nSPS) is 15.9. The van der Waals surface area contributed by atoms with Gasteiger partial charge in [-0.1, -0.05) is 17.7 Å². The zero-order valence-corrected chi connectivity index (χ0v) is 16.6. The smallest absolute Gasteiger partial charge is 0.311 e. The maximum absolute atomic E-state index is 12.5. The number of benzene rings is 2. The highest BCUT2D eigenvalue weighted by molar-refractivity contribution is 6.02. The van der Waals surface area contributed by atoms with Crippen LogP contribution in [0.3, 0.4) is 0 Å². The molecule has 0 radical (unpaired) electrons. The van der Waals surface area contributed by atoms with Gasteiger partial charge in [0.05, 0.1) is 25.7 Å². The largest absolute Gasteiger partial charge is 0.497 e. The second-order valence-corrected chi connectivity index (χ2v) is 6.84. The van der Waals surface area contributed by atoms with Gasteiger partial charge in [0.1, 0.15) is 11.5 Å². The number of ether oxygens (including phenoxy) is 3. The number of carbonyl (C=O) groups excluding carboxylic acids is 3. The van der Waals surface area contributed by atoms with Crippen LogP contribution in [0, 0.1) is 12.8 Å². The molecule has 0 N–H and O–H groups in total. The highest BCUT2D eigenvalue weighted by Gasteiger charge is 2.36. The van der Waals surface area contributed by atoms with Gasteiger partial charge in [0.2, 0.25) is 11.7 Å². The summed E-state index contributed by atoms with van der Waals surface area (Å²) in [5.74, 6) is -0.860. The molecule has 3 rings (SSSR count). The number of esters is 1. The van der Waals surface area contributed by atoms with Gasteiger partial charge >= 0.3 is 5.97 Å². The molecule has 2 aromatic rings. The number of amides is 1. The summed E-state index contributed by atoms with van der Waals surface area (Å²) < 4.78 is 15.5. The maximum atomic E-state index is 12.5. The van der Waals surface area contributed by atoms with Gasteiger partial charge in [-0.15, -0.1) is 0 Å². The molecule has 1 atom stereocenters. The van der Waals surface area contributed by atoms with Crippen LogP contribution in [-0.4, -0.2) is 45.0 Å². The summed E-state index contributed by atoms with van der Waals surface area (Å²) in [7, 11) is 2.95. The van der Waals surface area contributed by atoms with Crippen molar-refractivity contribution in [3.8, 4) is 11.5 Å². The van der Waals surface area contributed by atoms with E-state index in [0.717, 1.165) is 11.3 Å². The van der Waals surface area contributed by atoms with Gasteiger partial charge in [0.15, 0.2) is 6.61 Å². The lowest BCUT2D eigenvalue weighted by Gasteiger charge is -2.16. The molecule has 7 heteroatoms. The first kappa shape index (κ1) is 20.4. The standard InChI is InChI=1S/C22H23NO6/c1-14-4-6-16(7-5-14)23-12-15(10-21(23)25)22(26)29-13-19(24)18-11-17(27-2)8-9-20(18)28-3/h4-9,11,15H,10,12-13H2,1-3H3/t15-/m0/s1. The van der Waals surface area contributed by atoms with Gasteiger partial charge in [-0.2, -0.15) is 0 Å². The average Bonchev–Trinajstić information content (AvgIpc) is 3.13. The molecule has 0 saturated carbocycles. The van der Waals surface area contributed by atoms with E-state index >= 15 is 0 Å². The van der Waals surface area contributed by atoms with Crippen molar-refractivity contribution in [2.24, 2.45) is 5.92 Å². The molecule has 2 aromatic carbocycles. The highest BCUT2D eigenvalue weighted by atomic mass is 16.5. The summed E-state index contributed by atoms with van der Waals surface area (Å²) >= 11 is 0. The van der Waals surface area contributed by atoms with Gasteiger partial charge in [-0.05, 0) is 37.3 Å². The van der Waals surface area contributed by atoms with Crippen LogP contribution in [0.4, 0.5) is 5.69 Å². The number of rotatable bonds is 7. The van der Waals surface area contributed by atoms with Crippen molar-refractivity contribution in [2.75, 3.05) is 32.3 Å². The summed E-state index contributed by atoms with van der Waals surface area (Å²) in [4.78, 5) is 38.8. The van der Waals surface area contributed by atoms with E-state index in [1.165, 1.54) is 20.3 Å². The van der Waals surface area contributed by atoms with Crippen molar-refractivity contribution in [3.63, 3.8) is 0 Å². The van der Waals surface area contributed by atoms with Crippen molar-refractivity contribution in [1.29, 1.82) is 0 Å². The zero-order valence-electron chi connectivity index (χ0n) is 16.6. The SMILES string of the molecule is COc1ccc(OC)c(C(=O)COC(=O)[C@H]2CC(=O)N(c3ccc(C)cc3)C2)c1. The molecular weight excluding hydrogens is 374 g/mol. The Labute approximate surface area is 169 Å². The molecular formula is C22H23NO6. The van der Waals surface area contributed by atoms with Crippen LogP contribution in [0.5, 0.6) is 11.5 Å². The van der Waals surface area contributed by atoms with Crippen molar-refractivity contribution in [3.05, 3.63) is 53.6 Å². The minimum atomic E-state index is -0.608. The molecule has 1 aliphatic rings.